The Labute approximate surface area is 386 Å². The van der Waals surface area contributed by atoms with Crippen molar-refractivity contribution in [1.29, 1.82) is 0 Å². The van der Waals surface area contributed by atoms with Crippen LogP contribution in [0.15, 0.2) is 0 Å². The minimum atomic E-state index is -1.72. The Balaban J connectivity index is 1.54. The minimum Gasteiger partial charge on any atom is -0.481 e. The molecule has 3 aliphatic rings. The van der Waals surface area contributed by atoms with Crippen LogP contribution in [0.1, 0.15) is 12.8 Å². The fraction of sp³-hybridized carbons (Fsp3) is 0.838. The van der Waals surface area contributed by atoms with Crippen molar-refractivity contribution in [3.05, 3.63) is 0 Å². The van der Waals surface area contributed by atoms with Gasteiger partial charge in [0.15, 0.2) is 18.9 Å². The number of nitrogens with zero attached hydrogens (tertiary/aromatic N) is 1. The highest BCUT2D eigenvalue weighted by Crippen LogP contribution is 2.24. The molecule has 68 heavy (non-hydrogen) atoms. The summed E-state index contributed by atoms with van der Waals surface area (Å²) in [5, 5.41) is 139. The molecule has 3 saturated heterocycles. The molecule has 0 spiro atoms. The summed E-state index contributed by atoms with van der Waals surface area (Å²) in [6, 6.07) is -1.46. The van der Waals surface area contributed by atoms with Crippen molar-refractivity contribution in [3.63, 3.8) is 0 Å². The number of hydrogen-bond donors (Lipinski definition) is 18. The van der Waals surface area contributed by atoms with E-state index in [-0.39, 0.29) is 39.5 Å². The number of amides is 5. The third-order valence-electron chi connectivity index (χ3n) is 10.5. The number of hydrogen-bond acceptors (Lipinski definition) is 25. The number of carbonyl (C=O) groups is 6. The second kappa shape index (κ2) is 29.3. The molecule has 392 valence electrons. The van der Waals surface area contributed by atoms with Crippen LogP contribution in [0.5, 0.6) is 0 Å². The molecule has 3 rings (SSSR count). The molecular weight excluding hydrogens is 928 g/mol. The van der Waals surface area contributed by atoms with Gasteiger partial charge in [-0.15, -0.1) is 0 Å². The predicted octanol–water partition coefficient (Wildman–Crippen LogP) is -12.4. The highest BCUT2D eigenvalue weighted by Gasteiger charge is 2.46. The number of aliphatic hydroxyl groups excluding tert-OH is 12. The van der Waals surface area contributed by atoms with Crippen LogP contribution in [0.2, 0.25) is 0 Å². The molecule has 31 nitrogen and oxygen atoms in total. The number of nitrogens with one attached hydrogen (secondary N) is 5. The fourth-order valence-corrected chi connectivity index (χ4v) is 6.72. The van der Waals surface area contributed by atoms with E-state index in [9.17, 15) is 95.2 Å². The molecule has 0 aromatic rings. The SMILES string of the molecule is O=C(O)CC[C@H](NC(=O)CNC(=O)CN(CC(=O)NCCO[C@H]1O[C@H](CO)[C@@H](O)[C@H](O)[C@@H]1O)CC(=O)NCCO[C@H]1O[C@H](CO)[C@@H](O)[C@H](O)[C@@H]1O)C(=O)NCCO[C@H]1O[C@H](CO)[C@@H](O)[C@H](O)[C@@H]1O. The topological polar surface area (TPSA) is 484 Å². The molecule has 0 unspecified atom stereocenters. The zero-order valence-electron chi connectivity index (χ0n) is 36.5. The van der Waals surface area contributed by atoms with Crippen molar-refractivity contribution in [1.82, 2.24) is 31.5 Å². The van der Waals surface area contributed by atoms with Gasteiger partial charge in [0.05, 0.1) is 65.8 Å². The van der Waals surface area contributed by atoms with Gasteiger partial charge in [-0.1, -0.05) is 0 Å². The van der Waals surface area contributed by atoms with E-state index < -0.39 is 193 Å². The lowest BCUT2D eigenvalue weighted by molar-refractivity contribution is -0.300. The second-order valence-corrected chi connectivity index (χ2v) is 15.7. The van der Waals surface area contributed by atoms with Crippen LogP contribution < -0.4 is 26.6 Å². The molecule has 0 aromatic heterocycles. The van der Waals surface area contributed by atoms with Crippen molar-refractivity contribution >= 4 is 35.5 Å². The standard InChI is InChI=1S/C37H64N6O25/c44-13-17-25(53)28(56)31(59)35(66-17)63-6-3-38-21(48)10-43(11-22(49)39-4-7-64-36-32(60)29(57)26(54)18(14-45)67-36)12-23(50)41-9-20(47)42-16(1-2-24(51)52)34(62)40-5-8-65-37-33(61)30(58)27(55)19(15-46)68-37/h16-19,25-33,35-37,44-46,53-61H,1-15H2,(H,38,48)(H,39,49)(H,40,62)(H,41,50)(H,42,47)(H,51,52)/t16-,17+,18+,19+,25+,26+,27+,28-,29-,30-,31-,32-,33-,35-,36-,37-/m0/s1. The van der Waals surface area contributed by atoms with Crippen LogP contribution >= 0.6 is 0 Å². The summed E-state index contributed by atoms with van der Waals surface area (Å²) in [5.74, 6) is -5.65. The van der Waals surface area contributed by atoms with Crippen molar-refractivity contribution in [2.45, 2.75) is 111 Å². The molecule has 3 fully saturated rings. The summed E-state index contributed by atoms with van der Waals surface area (Å²) in [4.78, 5) is 77.0. The number of aliphatic hydroxyl groups is 12. The summed E-state index contributed by atoms with van der Waals surface area (Å²) in [6.07, 6.45) is -24.5. The molecule has 0 bridgehead atoms. The Morgan fingerprint density at radius 2 is 0.838 bits per heavy atom. The lowest BCUT2D eigenvalue weighted by Gasteiger charge is -2.39. The van der Waals surface area contributed by atoms with Crippen molar-refractivity contribution in [2.75, 3.05) is 85.5 Å². The number of aliphatic carboxylic acids is 1. The summed E-state index contributed by atoms with van der Waals surface area (Å²) in [7, 11) is 0. The minimum absolute atomic E-state index is 0.253. The van der Waals surface area contributed by atoms with E-state index in [1.807, 2.05) is 0 Å². The highest BCUT2D eigenvalue weighted by atomic mass is 16.7. The molecule has 0 aromatic carbocycles. The van der Waals surface area contributed by atoms with Crippen molar-refractivity contribution < 1.29 is 124 Å². The molecule has 31 heteroatoms. The Morgan fingerprint density at radius 1 is 0.485 bits per heavy atom. The van der Waals surface area contributed by atoms with Crippen LogP contribution in [0, 0.1) is 0 Å². The van der Waals surface area contributed by atoms with Crippen molar-refractivity contribution in [3.8, 4) is 0 Å². The Hall–Kier alpha value is -3.94. The monoisotopic (exact) mass is 992 g/mol. The van der Waals surface area contributed by atoms with Crippen molar-refractivity contribution in [2.24, 2.45) is 0 Å². The number of carbonyl (C=O) groups excluding carboxylic acids is 5. The van der Waals surface area contributed by atoms with Gasteiger partial charge in [0.1, 0.15) is 79.3 Å². The highest BCUT2D eigenvalue weighted by molar-refractivity contribution is 5.91. The van der Waals surface area contributed by atoms with E-state index in [1.165, 1.54) is 0 Å². The first kappa shape index (κ1) is 58.4. The van der Waals surface area contributed by atoms with Crippen LogP contribution in [-0.2, 0) is 57.2 Å². The third kappa shape index (κ3) is 18.1. The van der Waals surface area contributed by atoms with Crippen LogP contribution in [-0.4, -0.2) is 290 Å². The lowest BCUT2D eigenvalue weighted by atomic mass is 9.99. The first-order chi connectivity index (χ1) is 32.2. The first-order valence-electron chi connectivity index (χ1n) is 21.3. The maximum Gasteiger partial charge on any atom is 0.303 e. The average molecular weight is 993 g/mol. The zero-order chi connectivity index (χ0) is 50.7. The Bertz CT molecular complexity index is 1540. The average Bonchev–Trinajstić information content (AvgIpc) is 3.30. The first-order valence-corrected chi connectivity index (χ1v) is 21.3. The van der Waals surface area contributed by atoms with Gasteiger partial charge in [0.2, 0.25) is 29.5 Å². The molecule has 18 N–H and O–H groups in total. The van der Waals surface area contributed by atoms with E-state index >= 15 is 0 Å². The number of carboxylic acid groups (broad SMARTS) is 1. The summed E-state index contributed by atoms with van der Waals surface area (Å²) in [6.45, 7) is -6.71. The predicted molar refractivity (Wildman–Crippen MR) is 216 cm³/mol. The van der Waals surface area contributed by atoms with Gasteiger partial charge in [-0.25, -0.2) is 0 Å². The second-order valence-electron chi connectivity index (χ2n) is 15.7. The van der Waals surface area contributed by atoms with E-state index in [0.717, 1.165) is 4.90 Å². The van der Waals surface area contributed by atoms with E-state index in [1.54, 1.807) is 0 Å². The molecule has 3 aliphatic heterocycles. The molecule has 5 amide bonds. The van der Waals surface area contributed by atoms with E-state index in [4.69, 9.17) is 28.4 Å². The van der Waals surface area contributed by atoms with Gasteiger partial charge < -0.3 is 121 Å². The van der Waals surface area contributed by atoms with E-state index in [2.05, 4.69) is 26.6 Å². The van der Waals surface area contributed by atoms with E-state index in [0.29, 0.717) is 0 Å². The van der Waals surface area contributed by atoms with Gasteiger partial charge in [-0.2, -0.15) is 0 Å². The molecule has 0 radical (unpaired) electrons. The third-order valence-corrected chi connectivity index (χ3v) is 10.5. The molecule has 16 atom stereocenters. The van der Waals surface area contributed by atoms with Gasteiger partial charge in [0.25, 0.3) is 0 Å². The quantitative estimate of drug-likeness (QED) is 0.0324. The molecular formula is C37H64N6O25. The molecule has 0 saturated carbocycles. The van der Waals surface area contributed by atoms with Gasteiger partial charge in [0, 0.05) is 26.1 Å². The number of carboxylic acids is 1. The maximum atomic E-state index is 13.0. The fourth-order valence-electron chi connectivity index (χ4n) is 6.72. The van der Waals surface area contributed by atoms with Gasteiger partial charge in [-0.3, -0.25) is 33.7 Å². The smallest absolute Gasteiger partial charge is 0.303 e. The Morgan fingerprint density at radius 3 is 1.19 bits per heavy atom. The summed E-state index contributed by atoms with van der Waals surface area (Å²) in [5.41, 5.74) is 0. The Kier molecular flexibility index (Phi) is 25.1. The van der Waals surface area contributed by atoms with Crippen LogP contribution in [0.25, 0.3) is 0 Å². The maximum absolute atomic E-state index is 13.0. The molecule has 3 heterocycles. The largest absolute Gasteiger partial charge is 0.481 e. The molecule has 0 aliphatic carbocycles. The number of rotatable bonds is 28. The normalized spacial score (nSPS) is 32.2. The van der Waals surface area contributed by atoms with Gasteiger partial charge >= 0.3 is 5.97 Å². The van der Waals surface area contributed by atoms with Crippen LogP contribution in [0.3, 0.4) is 0 Å². The lowest BCUT2D eigenvalue weighted by Crippen LogP contribution is -2.59. The summed E-state index contributed by atoms with van der Waals surface area (Å²) >= 11 is 0. The summed E-state index contributed by atoms with van der Waals surface area (Å²) < 4.78 is 31.6. The zero-order valence-corrected chi connectivity index (χ0v) is 36.5. The number of ether oxygens (including phenoxy) is 6. The van der Waals surface area contributed by atoms with Crippen LogP contribution in [0.4, 0.5) is 0 Å². The van der Waals surface area contributed by atoms with Gasteiger partial charge in [-0.05, 0) is 6.42 Å².